The van der Waals surface area contributed by atoms with Gasteiger partial charge >= 0.3 is 6.09 Å². The Labute approximate surface area is 151 Å². The molecule has 1 aromatic carbocycles. The average Bonchev–Trinajstić information content (AvgIpc) is 3.00. The number of amides is 1. The van der Waals surface area contributed by atoms with Gasteiger partial charge in [0.05, 0.1) is 12.2 Å². The van der Waals surface area contributed by atoms with Crippen LogP contribution in [0.4, 0.5) is 14.9 Å². The monoisotopic (exact) mass is 362 g/mol. The summed E-state index contributed by atoms with van der Waals surface area (Å²) in [6.45, 7) is 4.13. The van der Waals surface area contributed by atoms with Crippen LogP contribution in [-0.2, 0) is 11.3 Å². The maximum absolute atomic E-state index is 14.3. The summed E-state index contributed by atoms with van der Waals surface area (Å²) in [5, 5.41) is 0. The molecule has 0 saturated carbocycles. The summed E-state index contributed by atoms with van der Waals surface area (Å²) >= 11 is 1.60. The number of nitrogens with zero attached hydrogens (tertiary/aromatic N) is 2. The molecule has 0 unspecified atom stereocenters. The molecule has 0 N–H and O–H groups in total. The third-order valence-corrected chi connectivity index (χ3v) is 5.39. The van der Waals surface area contributed by atoms with Crippen LogP contribution in [0.2, 0.25) is 0 Å². The molecule has 0 aliphatic carbocycles. The SMILES string of the molecule is Cc1ccc(CN(C(=O)OC2CCN(C)CC2)c2ccccc2F)s1. The van der Waals surface area contributed by atoms with Gasteiger partial charge in [-0.3, -0.25) is 4.90 Å². The number of benzene rings is 1. The van der Waals surface area contributed by atoms with Gasteiger partial charge in [0.1, 0.15) is 11.9 Å². The lowest BCUT2D eigenvalue weighted by Crippen LogP contribution is -2.39. The first-order chi connectivity index (χ1) is 12.0. The Balaban J connectivity index is 1.78. The van der Waals surface area contributed by atoms with Crippen molar-refractivity contribution in [2.24, 2.45) is 0 Å². The molecule has 1 aliphatic rings. The fourth-order valence-corrected chi connectivity index (χ4v) is 3.83. The number of likely N-dealkylation sites (tertiary alicyclic amines) is 1. The topological polar surface area (TPSA) is 32.8 Å². The molecule has 1 fully saturated rings. The number of carbonyl (C=O) groups excluding carboxylic acids is 1. The van der Waals surface area contributed by atoms with Crippen LogP contribution in [0.15, 0.2) is 36.4 Å². The van der Waals surface area contributed by atoms with Crippen LogP contribution in [0.3, 0.4) is 0 Å². The number of carbonyl (C=O) groups is 1. The number of halogens is 1. The molecule has 2 aromatic rings. The molecule has 4 nitrogen and oxygen atoms in total. The molecule has 2 heterocycles. The molecule has 0 bridgehead atoms. The quantitative estimate of drug-likeness (QED) is 0.806. The van der Waals surface area contributed by atoms with Crippen LogP contribution in [0.5, 0.6) is 0 Å². The fraction of sp³-hybridized carbons (Fsp3) is 0.421. The van der Waals surface area contributed by atoms with Crippen LogP contribution in [-0.4, -0.2) is 37.2 Å². The molecule has 134 valence electrons. The average molecular weight is 362 g/mol. The molecule has 25 heavy (non-hydrogen) atoms. The Morgan fingerprint density at radius 3 is 2.64 bits per heavy atom. The standard InChI is InChI=1S/C19H23FN2O2S/c1-14-7-8-16(25-14)13-22(18-6-4-3-5-17(18)20)19(23)24-15-9-11-21(2)12-10-15/h3-8,15H,9-13H2,1-2H3. The van der Waals surface area contributed by atoms with Crippen LogP contribution < -0.4 is 4.90 Å². The minimum atomic E-state index is -0.481. The predicted octanol–water partition coefficient (Wildman–Crippen LogP) is 4.43. The Kier molecular flexibility index (Phi) is 5.71. The second kappa shape index (κ2) is 7.97. The van der Waals surface area contributed by atoms with E-state index in [-0.39, 0.29) is 11.8 Å². The minimum absolute atomic E-state index is 0.108. The second-order valence-corrected chi connectivity index (χ2v) is 7.81. The highest BCUT2D eigenvalue weighted by atomic mass is 32.1. The molecule has 1 saturated heterocycles. The molecule has 0 spiro atoms. The van der Waals surface area contributed by atoms with E-state index in [2.05, 4.69) is 11.9 Å². The zero-order valence-corrected chi connectivity index (χ0v) is 15.4. The van der Waals surface area contributed by atoms with Crippen molar-refractivity contribution in [3.63, 3.8) is 0 Å². The van der Waals surface area contributed by atoms with Crippen molar-refractivity contribution in [1.29, 1.82) is 0 Å². The smallest absolute Gasteiger partial charge is 0.414 e. The number of ether oxygens (including phenoxy) is 1. The van der Waals surface area contributed by atoms with Crippen LogP contribution >= 0.6 is 11.3 Å². The Morgan fingerprint density at radius 1 is 1.28 bits per heavy atom. The van der Waals surface area contributed by atoms with Crippen molar-refractivity contribution in [2.75, 3.05) is 25.0 Å². The van der Waals surface area contributed by atoms with Crippen LogP contribution in [0, 0.1) is 12.7 Å². The summed E-state index contributed by atoms with van der Waals surface area (Å²) in [6.07, 6.45) is 1.03. The van der Waals surface area contributed by atoms with Gasteiger partial charge in [-0.2, -0.15) is 0 Å². The van der Waals surface area contributed by atoms with E-state index in [0.717, 1.165) is 35.7 Å². The number of hydrogen-bond donors (Lipinski definition) is 0. The lowest BCUT2D eigenvalue weighted by molar-refractivity contribution is 0.0613. The van der Waals surface area contributed by atoms with E-state index in [0.29, 0.717) is 6.54 Å². The van der Waals surface area contributed by atoms with Crippen molar-refractivity contribution in [1.82, 2.24) is 4.90 Å². The van der Waals surface area contributed by atoms with Crippen molar-refractivity contribution < 1.29 is 13.9 Å². The van der Waals surface area contributed by atoms with Gasteiger partial charge in [0.25, 0.3) is 0 Å². The fourth-order valence-electron chi connectivity index (χ4n) is 2.95. The first kappa shape index (κ1) is 17.9. The van der Waals surface area contributed by atoms with E-state index in [9.17, 15) is 9.18 Å². The zero-order valence-electron chi connectivity index (χ0n) is 14.6. The number of hydrogen-bond acceptors (Lipinski definition) is 4. The lowest BCUT2D eigenvalue weighted by atomic mass is 10.1. The number of thiophene rings is 1. The third-order valence-electron chi connectivity index (χ3n) is 4.41. The molecule has 0 radical (unpaired) electrons. The molecule has 3 rings (SSSR count). The number of piperidine rings is 1. The van der Waals surface area contributed by atoms with Gasteiger partial charge in [-0.05, 0) is 51.1 Å². The second-order valence-electron chi connectivity index (χ2n) is 6.44. The van der Waals surface area contributed by atoms with E-state index in [1.54, 1.807) is 29.5 Å². The van der Waals surface area contributed by atoms with Crippen molar-refractivity contribution in [3.8, 4) is 0 Å². The Hall–Kier alpha value is -1.92. The van der Waals surface area contributed by atoms with E-state index in [1.807, 2.05) is 19.1 Å². The molecule has 0 atom stereocenters. The highest BCUT2D eigenvalue weighted by molar-refractivity contribution is 7.11. The number of aryl methyl sites for hydroxylation is 1. The minimum Gasteiger partial charge on any atom is -0.446 e. The highest BCUT2D eigenvalue weighted by Crippen LogP contribution is 2.26. The summed E-state index contributed by atoms with van der Waals surface area (Å²) in [4.78, 5) is 18.6. The van der Waals surface area contributed by atoms with Gasteiger partial charge in [-0.15, -0.1) is 11.3 Å². The normalized spacial score (nSPS) is 16.0. The first-order valence-corrected chi connectivity index (χ1v) is 9.31. The van der Waals surface area contributed by atoms with E-state index in [1.165, 1.54) is 11.0 Å². The number of para-hydroxylation sites is 1. The van der Waals surface area contributed by atoms with Gasteiger partial charge in [-0.1, -0.05) is 12.1 Å². The van der Waals surface area contributed by atoms with E-state index in [4.69, 9.17) is 4.74 Å². The summed E-state index contributed by atoms with van der Waals surface area (Å²) in [5.41, 5.74) is 0.256. The number of anilines is 1. The van der Waals surface area contributed by atoms with Gasteiger partial charge in [0.2, 0.25) is 0 Å². The van der Waals surface area contributed by atoms with Gasteiger partial charge in [0, 0.05) is 22.8 Å². The maximum atomic E-state index is 14.3. The number of rotatable bonds is 4. The van der Waals surface area contributed by atoms with Gasteiger partial charge in [-0.25, -0.2) is 9.18 Å². The summed E-state index contributed by atoms with van der Waals surface area (Å²) < 4.78 is 20.0. The van der Waals surface area contributed by atoms with Crippen LogP contribution in [0.1, 0.15) is 22.6 Å². The Morgan fingerprint density at radius 2 is 2.00 bits per heavy atom. The van der Waals surface area contributed by atoms with Gasteiger partial charge in [0.15, 0.2) is 0 Å². The lowest BCUT2D eigenvalue weighted by Gasteiger charge is -2.31. The van der Waals surface area contributed by atoms with E-state index < -0.39 is 11.9 Å². The molecule has 6 heteroatoms. The molecular formula is C19H23FN2O2S. The third kappa shape index (κ3) is 4.58. The molecule has 1 aliphatic heterocycles. The summed E-state index contributed by atoms with van der Waals surface area (Å²) in [7, 11) is 2.06. The Bertz CT molecular complexity index is 726. The van der Waals surface area contributed by atoms with Crippen molar-refractivity contribution >= 4 is 23.1 Å². The van der Waals surface area contributed by atoms with Crippen LogP contribution in [0.25, 0.3) is 0 Å². The van der Waals surface area contributed by atoms with Crippen molar-refractivity contribution in [3.05, 3.63) is 52.0 Å². The maximum Gasteiger partial charge on any atom is 0.414 e. The zero-order chi connectivity index (χ0) is 17.8. The summed E-state index contributed by atoms with van der Waals surface area (Å²) in [5.74, 6) is -0.420. The molecular weight excluding hydrogens is 339 g/mol. The molecule has 1 aromatic heterocycles. The van der Waals surface area contributed by atoms with Crippen molar-refractivity contribution in [2.45, 2.75) is 32.4 Å². The first-order valence-electron chi connectivity index (χ1n) is 8.49. The summed E-state index contributed by atoms with van der Waals surface area (Å²) in [6, 6.07) is 10.3. The largest absolute Gasteiger partial charge is 0.446 e. The highest BCUT2D eigenvalue weighted by Gasteiger charge is 2.26. The van der Waals surface area contributed by atoms with E-state index >= 15 is 0 Å². The van der Waals surface area contributed by atoms with Gasteiger partial charge < -0.3 is 9.64 Å². The molecule has 1 amide bonds. The predicted molar refractivity (Wildman–Crippen MR) is 98.6 cm³/mol.